The van der Waals surface area contributed by atoms with Crippen molar-refractivity contribution in [1.82, 2.24) is 4.57 Å². The smallest absolute Gasteiger partial charge is 0.190 e. The van der Waals surface area contributed by atoms with Gasteiger partial charge in [-0.2, -0.15) is 0 Å². The molecule has 0 bridgehead atoms. The van der Waals surface area contributed by atoms with Gasteiger partial charge in [-0.15, -0.1) is 11.3 Å². The van der Waals surface area contributed by atoms with Crippen LogP contribution in [0.2, 0.25) is 0 Å². The molecule has 0 unspecified atom stereocenters. The molecule has 0 radical (unpaired) electrons. The second-order valence-electron chi connectivity index (χ2n) is 6.21. The van der Waals surface area contributed by atoms with Crippen molar-refractivity contribution in [2.45, 2.75) is 33.7 Å². The summed E-state index contributed by atoms with van der Waals surface area (Å²) in [6.07, 6.45) is 1.03. The van der Waals surface area contributed by atoms with E-state index in [1.165, 1.54) is 16.7 Å². The van der Waals surface area contributed by atoms with E-state index in [4.69, 9.17) is 4.99 Å². The van der Waals surface area contributed by atoms with Crippen molar-refractivity contribution in [2.75, 3.05) is 6.61 Å². The number of aliphatic hydroxyl groups is 1. The second-order valence-corrected chi connectivity index (χ2v) is 7.05. The molecule has 0 atom stereocenters. The minimum atomic E-state index is 0.0938. The first kappa shape index (κ1) is 17.6. The number of aliphatic hydroxyl groups excluding tert-OH is 1. The van der Waals surface area contributed by atoms with Gasteiger partial charge < -0.3 is 9.67 Å². The van der Waals surface area contributed by atoms with Crippen molar-refractivity contribution in [3.05, 3.63) is 69.3 Å². The Hall–Kier alpha value is -2.17. The van der Waals surface area contributed by atoms with E-state index >= 15 is 0 Å². The fourth-order valence-electron chi connectivity index (χ4n) is 2.78. The highest BCUT2D eigenvalue weighted by atomic mass is 32.1. The first-order valence-electron chi connectivity index (χ1n) is 8.63. The molecule has 0 aliphatic heterocycles. The zero-order chi connectivity index (χ0) is 17.8. The third-order valence-electron chi connectivity index (χ3n) is 4.49. The lowest BCUT2D eigenvalue weighted by Gasteiger charge is -2.09. The standard InChI is InChI=1S/C21H24N2OS/c1-4-17-6-9-19(10-7-17)22-21-23(11-12-24)20(14-25-21)18-8-5-15(2)16(3)13-18/h5-10,13-14,24H,4,11-12H2,1-3H3. The Labute approximate surface area is 152 Å². The van der Waals surface area contributed by atoms with Gasteiger partial charge in [-0.1, -0.05) is 31.2 Å². The van der Waals surface area contributed by atoms with Crippen molar-refractivity contribution in [3.8, 4) is 11.3 Å². The van der Waals surface area contributed by atoms with E-state index in [1.54, 1.807) is 11.3 Å². The number of aromatic nitrogens is 1. The maximum atomic E-state index is 9.51. The zero-order valence-electron chi connectivity index (χ0n) is 15.0. The van der Waals surface area contributed by atoms with Crippen LogP contribution in [0.1, 0.15) is 23.6 Å². The molecule has 1 N–H and O–H groups in total. The lowest BCUT2D eigenvalue weighted by Crippen LogP contribution is -2.17. The van der Waals surface area contributed by atoms with Crippen LogP contribution >= 0.6 is 11.3 Å². The van der Waals surface area contributed by atoms with E-state index in [1.807, 2.05) is 0 Å². The van der Waals surface area contributed by atoms with E-state index in [-0.39, 0.29) is 6.61 Å². The molecule has 130 valence electrons. The summed E-state index contributed by atoms with van der Waals surface area (Å²) in [4.78, 5) is 5.70. The van der Waals surface area contributed by atoms with Crippen molar-refractivity contribution in [1.29, 1.82) is 0 Å². The van der Waals surface area contributed by atoms with E-state index in [0.717, 1.165) is 28.2 Å². The zero-order valence-corrected chi connectivity index (χ0v) is 15.8. The molecule has 1 heterocycles. The van der Waals surface area contributed by atoms with Gasteiger partial charge in [0.15, 0.2) is 4.80 Å². The number of rotatable bonds is 5. The van der Waals surface area contributed by atoms with Crippen molar-refractivity contribution in [2.24, 2.45) is 4.99 Å². The Kier molecular flexibility index (Phi) is 5.51. The number of thiazole rings is 1. The molecule has 0 saturated carbocycles. The van der Waals surface area contributed by atoms with Gasteiger partial charge >= 0.3 is 0 Å². The third kappa shape index (κ3) is 3.91. The first-order valence-corrected chi connectivity index (χ1v) is 9.51. The molecule has 0 spiro atoms. The Bertz CT molecular complexity index is 920. The van der Waals surface area contributed by atoms with E-state index < -0.39 is 0 Å². The van der Waals surface area contributed by atoms with Gasteiger partial charge in [0.25, 0.3) is 0 Å². The van der Waals surface area contributed by atoms with Gasteiger partial charge in [0.2, 0.25) is 0 Å². The van der Waals surface area contributed by atoms with Crippen molar-refractivity contribution < 1.29 is 5.11 Å². The quantitative estimate of drug-likeness (QED) is 0.715. The number of hydrogen-bond donors (Lipinski definition) is 1. The Morgan fingerprint density at radius 1 is 1.04 bits per heavy atom. The molecule has 25 heavy (non-hydrogen) atoms. The topological polar surface area (TPSA) is 37.5 Å². The van der Waals surface area contributed by atoms with Crippen LogP contribution in [0.5, 0.6) is 0 Å². The van der Waals surface area contributed by atoms with Crippen LogP contribution in [0, 0.1) is 13.8 Å². The average molecular weight is 353 g/mol. The lowest BCUT2D eigenvalue weighted by molar-refractivity contribution is 0.275. The SMILES string of the molecule is CCc1ccc(N=c2scc(-c3ccc(C)c(C)c3)n2CCO)cc1. The van der Waals surface area contributed by atoms with Crippen LogP contribution in [0.3, 0.4) is 0 Å². The molecule has 3 rings (SSSR count). The molecular formula is C21H24N2OS. The van der Waals surface area contributed by atoms with Crippen LogP contribution < -0.4 is 4.80 Å². The molecule has 0 aliphatic rings. The summed E-state index contributed by atoms with van der Waals surface area (Å²) >= 11 is 1.61. The largest absolute Gasteiger partial charge is 0.395 e. The molecule has 3 aromatic rings. The summed E-state index contributed by atoms with van der Waals surface area (Å²) in [7, 11) is 0. The normalized spacial score (nSPS) is 11.9. The molecule has 4 heteroatoms. The predicted molar refractivity (Wildman–Crippen MR) is 105 cm³/mol. The molecule has 0 amide bonds. The van der Waals surface area contributed by atoms with Crippen LogP contribution in [0.4, 0.5) is 5.69 Å². The number of hydrogen-bond acceptors (Lipinski definition) is 3. The molecule has 2 aromatic carbocycles. The van der Waals surface area contributed by atoms with Gasteiger partial charge in [-0.3, -0.25) is 0 Å². The summed E-state index contributed by atoms with van der Waals surface area (Å²) in [5.41, 5.74) is 7.07. The lowest BCUT2D eigenvalue weighted by atomic mass is 10.0. The molecule has 1 aromatic heterocycles. The maximum Gasteiger partial charge on any atom is 0.190 e. The average Bonchev–Trinajstić information content (AvgIpc) is 3.01. The van der Waals surface area contributed by atoms with Crippen molar-refractivity contribution in [3.63, 3.8) is 0 Å². The second kappa shape index (κ2) is 7.81. The molecule has 0 fully saturated rings. The van der Waals surface area contributed by atoms with Gasteiger partial charge in [0, 0.05) is 11.9 Å². The molecule has 0 aliphatic carbocycles. The minimum absolute atomic E-state index is 0.0938. The summed E-state index contributed by atoms with van der Waals surface area (Å²) in [6, 6.07) is 14.8. The van der Waals surface area contributed by atoms with Crippen LogP contribution in [0.25, 0.3) is 11.3 Å². The summed E-state index contributed by atoms with van der Waals surface area (Å²) in [5.74, 6) is 0. The monoisotopic (exact) mass is 352 g/mol. The van der Waals surface area contributed by atoms with E-state index in [0.29, 0.717) is 6.54 Å². The summed E-state index contributed by atoms with van der Waals surface area (Å²) in [5, 5.41) is 11.6. The fourth-order valence-corrected chi connectivity index (χ4v) is 3.74. The number of aryl methyl sites for hydroxylation is 3. The van der Waals surface area contributed by atoms with Crippen LogP contribution in [0.15, 0.2) is 52.8 Å². The Morgan fingerprint density at radius 2 is 1.80 bits per heavy atom. The van der Waals surface area contributed by atoms with Gasteiger partial charge in [0.05, 0.1) is 18.0 Å². The Morgan fingerprint density at radius 3 is 2.44 bits per heavy atom. The fraction of sp³-hybridized carbons (Fsp3) is 0.286. The Balaban J connectivity index is 2.07. The number of benzene rings is 2. The van der Waals surface area contributed by atoms with Crippen molar-refractivity contribution >= 4 is 17.0 Å². The van der Waals surface area contributed by atoms with E-state index in [2.05, 4.69) is 73.2 Å². The highest BCUT2D eigenvalue weighted by molar-refractivity contribution is 7.07. The minimum Gasteiger partial charge on any atom is -0.395 e. The third-order valence-corrected chi connectivity index (χ3v) is 5.36. The summed E-state index contributed by atoms with van der Waals surface area (Å²) < 4.78 is 2.10. The molecular weight excluding hydrogens is 328 g/mol. The van der Waals surface area contributed by atoms with Gasteiger partial charge in [-0.25, -0.2) is 4.99 Å². The molecule has 3 nitrogen and oxygen atoms in total. The van der Waals surface area contributed by atoms with Gasteiger partial charge in [-0.05, 0) is 60.7 Å². The highest BCUT2D eigenvalue weighted by Gasteiger charge is 2.09. The van der Waals surface area contributed by atoms with Gasteiger partial charge in [0.1, 0.15) is 0 Å². The number of nitrogens with zero attached hydrogens (tertiary/aromatic N) is 2. The van der Waals surface area contributed by atoms with Crippen LogP contribution in [-0.4, -0.2) is 16.3 Å². The summed E-state index contributed by atoms with van der Waals surface area (Å²) in [6.45, 7) is 7.03. The van der Waals surface area contributed by atoms with E-state index in [9.17, 15) is 5.11 Å². The maximum absolute atomic E-state index is 9.51. The first-order chi connectivity index (χ1) is 12.1. The predicted octanol–water partition coefficient (Wildman–Crippen LogP) is 4.62. The highest BCUT2D eigenvalue weighted by Crippen LogP contribution is 2.23. The molecule has 0 saturated heterocycles. The van der Waals surface area contributed by atoms with Crippen LogP contribution in [-0.2, 0) is 13.0 Å².